The van der Waals surface area contributed by atoms with Gasteiger partial charge < -0.3 is 9.47 Å². The number of rotatable bonds is 6. The average Bonchev–Trinajstić information content (AvgIpc) is 2.38. The van der Waals surface area contributed by atoms with Crippen molar-refractivity contribution in [1.29, 1.82) is 0 Å². The van der Waals surface area contributed by atoms with Crippen molar-refractivity contribution in [3.05, 3.63) is 34.1 Å². The minimum Gasteiger partial charge on any atom is -0.465 e. The average molecular weight is 347 g/mol. The van der Waals surface area contributed by atoms with E-state index < -0.39 is 23.7 Å². The van der Waals surface area contributed by atoms with E-state index in [1.165, 1.54) is 12.1 Å². The molecule has 0 bridgehead atoms. The number of esters is 2. The molecule has 4 nitrogen and oxygen atoms in total. The zero-order valence-electron chi connectivity index (χ0n) is 11.3. The Balaban J connectivity index is 2.93. The molecular weight excluding hydrogens is 331 g/mol. The largest absolute Gasteiger partial charge is 0.465 e. The molecule has 6 heteroatoms. The molecule has 1 aromatic carbocycles. The quantitative estimate of drug-likeness (QED) is 0.587. The Morgan fingerprint density at radius 2 is 1.75 bits per heavy atom. The molecule has 0 radical (unpaired) electrons. The number of benzene rings is 1. The van der Waals surface area contributed by atoms with E-state index in [1.807, 2.05) is 0 Å². The summed E-state index contributed by atoms with van der Waals surface area (Å²) in [4.78, 5) is 23.6. The molecule has 110 valence electrons. The number of hydrogen-bond donors (Lipinski definition) is 0. The van der Waals surface area contributed by atoms with Crippen molar-refractivity contribution in [3.8, 4) is 0 Å². The molecule has 0 fully saturated rings. The van der Waals surface area contributed by atoms with Gasteiger partial charge in [-0.25, -0.2) is 4.39 Å². The summed E-state index contributed by atoms with van der Waals surface area (Å²) in [7, 11) is 0. The van der Waals surface area contributed by atoms with E-state index in [0.29, 0.717) is 4.47 Å². The van der Waals surface area contributed by atoms with Crippen LogP contribution < -0.4 is 0 Å². The summed E-state index contributed by atoms with van der Waals surface area (Å²) in [5.74, 6) is -3.04. The number of halogens is 2. The van der Waals surface area contributed by atoms with Gasteiger partial charge in [0.25, 0.3) is 0 Å². The molecule has 0 amide bonds. The normalized spacial score (nSPS) is 10.4. The van der Waals surface area contributed by atoms with Gasteiger partial charge >= 0.3 is 11.9 Å². The molecular formula is C14H16BrFO4. The van der Waals surface area contributed by atoms with E-state index >= 15 is 0 Å². The summed E-state index contributed by atoms with van der Waals surface area (Å²) in [5.41, 5.74) is 0.263. The highest BCUT2D eigenvalue weighted by molar-refractivity contribution is 9.10. The lowest BCUT2D eigenvalue weighted by atomic mass is 9.99. The number of carbonyl (C=O) groups excluding carboxylic acids is 2. The highest BCUT2D eigenvalue weighted by Gasteiger charge is 2.30. The van der Waals surface area contributed by atoms with Gasteiger partial charge in [-0.05, 0) is 38.0 Å². The van der Waals surface area contributed by atoms with Crippen LogP contribution in [0.2, 0.25) is 0 Å². The van der Waals surface area contributed by atoms with Gasteiger partial charge in [-0.3, -0.25) is 9.59 Å². The first kappa shape index (κ1) is 16.6. The predicted octanol–water partition coefficient (Wildman–Crippen LogP) is 2.87. The Morgan fingerprint density at radius 3 is 2.20 bits per heavy atom. The van der Waals surface area contributed by atoms with Crippen molar-refractivity contribution in [3.63, 3.8) is 0 Å². The molecule has 0 saturated carbocycles. The maximum absolute atomic E-state index is 13.8. The topological polar surface area (TPSA) is 52.6 Å². The number of hydrogen-bond acceptors (Lipinski definition) is 4. The van der Waals surface area contributed by atoms with E-state index in [9.17, 15) is 14.0 Å². The Labute approximate surface area is 125 Å². The summed E-state index contributed by atoms with van der Waals surface area (Å²) < 4.78 is 24.0. The standard InChI is InChI=1S/C14H16BrFO4/c1-3-19-13(17)11(14(18)20-4-2)7-9-5-6-10(15)8-12(9)16/h5-6,8,11H,3-4,7H2,1-2H3. The summed E-state index contributed by atoms with van der Waals surface area (Å²) in [6, 6.07) is 4.44. The minimum atomic E-state index is -1.15. The van der Waals surface area contributed by atoms with Crippen molar-refractivity contribution >= 4 is 27.9 Å². The van der Waals surface area contributed by atoms with Crippen LogP contribution in [0.4, 0.5) is 4.39 Å². The van der Waals surface area contributed by atoms with E-state index in [1.54, 1.807) is 19.9 Å². The van der Waals surface area contributed by atoms with Crippen LogP contribution >= 0.6 is 15.9 Å². The second kappa shape index (κ2) is 7.99. The van der Waals surface area contributed by atoms with Gasteiger partial charge in [0, 0.05) is 4.47 Å². The van der Waals surface area contributed by atoms with Crippen LogP contribution in [0.3, 0.4) is 0 Å². The van der Waals surface area contributed by atoms with Crippen molar-refractivity contribution < 1.29 is 23.5 Å². The summed E-state index contributed by atoms with van der Waals surface area (Å²) in [5, 5.41) is 0. The first-order valence-electron chi connectivity index (χ1n) is 6.26. The summed E-state index contributed by atoms with van der Waals surface area (Å²) in [6.45, 7) is 3.58. The highest BCUT2D eigenvalue weighted by atomic mass is 79.9. The van der Waals surface area contributed by atoms with Crippen LogP contribution in [0.25, 0.3) is 0 Å². The van der Waals surface area contributed by atoms with Gasteiger partial charge in [0.1, 0.15) is 5.82 Å². The summed E-state index contributed by atoms with van der Waals surface area (Å²) >= 11 is 3.15. The molecule has 0 N–H and O–H groups in total. The first-order chi connectivity index (χ1) is 9.49. The maximum atomic E-state index is 13.8. The molecule has 1 aromatic rings. The van der Waals surface area contributed by atoms with Gasteiger partial charge in [0.2, 0.25) is 0 Å². The second-order valence-electron chi connectivity index (χ2n) is 4.00. The second-order valence-corrected chi connectivity index (χ2v) is 4.91. The van der Waals surface area contributed by atoms with E-state index in [2.05, 4.69) is 15.9 Å². The van der Waals surface area contributed by atoms with E-state index in [-0.39, 0.29) is 25.2 Å². The zero-order chi connectivity index (χ0) is 15.1. The van der Waals surface area contributed by atoms with Crippen LogP contribution in [0, 0.1) is 11.7 Å². The smallest absolute Gasteiger partial charge is 0.320 e. The van der Waals surface area contributed by atoms with Gasteiger partial charge in [-0.1, -0.05) is 22.0 Å². The first-order valence-corrected chi connectivity index (χ1v) is 7.06. The van der Waals surface area contributed by atoms with Crippen molar-refractivity contribution in [1.82, 2.24) is 0 Å². The van der Waals surface area contributed by atoms with E-state index in [0.717, 1.165) is 0 Å². The predicted molar refractivity (Wildman–Crippen MR) is 74.6 cm³/mol. The SMILES string of the molecule is CCOC(=O)C(Cc1ccc(Br)cc1F)C(=O)OCC. The number of ether oxygens (including phenoxy) is 2. The van der Waals surface area contributed by atoms with Gasteiger partial charge in [0.05, 0.1) is 13.2 Å². The fraction of sp³-hybridized carbons (Fsp3) is 0.429. The minimum absolute atomic E-state index is 0.0865. The monoisotopic (exact) mass is 346 g/mol. The Kier molecular flexibility index (Phi) is 6.64. The fourth-order valence-corrected chi connectivity index (χ4v) is 1.99. The molecule has 0 aliphatic rings. The third-order valence-corrected chi connectivity index (χ3v) is 3.07. The molecule has 0 spiro atoms. The van der Waals surface area contributed by atoms with Crippen LogP contribution in [0.5, 0.6) is 0 Å². The molecule has 0 aliphatic carbocycles. The Morgan fingerprint density at radius 1 is 1.20 bits per heavy atom. The van der Waals surface area contributed by atoms with Crippen molar-refractivity contribution in [2.24, 2.45) is 5.92 Å². The Bertz CT molecular complexity index is 472. The molecule has 0 atom stereocenters. The molecule has 0 heterocycles. The third kappa shape index (κ3) is 4.59. The molecule has 0 saturated heterocycles. The molecule has 0 aliphatic heterocycles. The van der Waals surface area contributed by atoms with Gasteiger partial charge in [-0.15, -0.1) is 0 Å². The third-order valence-electron chi connectivity index (χ3n) is 2.58. The summed E-state index contributed by atoms with van der Waals surface area (Å²) in [6.07, 6.45) is -0.0865. The van der Waals surface area contributed by atoms with E-state index in [4.69, 9.17) is 9.47 Å². The fourth-order valence-electron chi connectivity index (χ4n) is 1.66. The molecule has 0 aromatic heterocycles. The zero-order valence-corrected chi connectivity index (χ0v) is 12.9. The van der Waals surface area contributed by atoms with Gasteiger partial charge in [-0.2, -0.15) is 0 Å². The molecule has 0 unspecified atom stereocenters. The van der Waals surface area contributed by atoms with Crippen LogP contribution in [0.15, 0.2) is 22.7 Å². The van der Waals surface area contributed by atoms with Crippen molar-refractivity contribution in [2.45, 2.75) is 20.3 Å². The van der Waals surface area contributed by atoms with Crippen molar-refractivity contribution in [2.75, 3.05) is 13.2 Å². The van der Waals surface area contributed by atoms with Gasteiger partial charge in [0.15, 0.2) is 5.92 Å². The molecule has 20 heavy (non-hydrogen) atoms. The van der Waals surface area contributed by atoms with Crippen LogP contribution in [-0.2, 0) is 25.5 Å². The lowest BCUT2D eigenvalue weighted by molar-refractivity contribution is -0.161. The number of carbonyl (C=O) groups is 2. The maximum Gasteiger partial charge on any atom is 0.320 e. The molecule has 1 rings (SSSR count). The van der Waals surface area contributed by atoms with Crippen LogP contribution in [0.1, 0.15) is 19.4 Å². The Hall–Kier alpha value is -1.43. The highest BCUT2D eigenvalue weighted by Crippen LogP contribution is 2.19. The lowest BCUT2D eigenvalue weighted by Gasteiger charge is -2.14. The lowest BCUT2D eigenvalue weighted by Crippen LogP contribution is -2.30. The van der Waals surface area contributed by atoms with Crippen LogP contribution in [-0.4, -0.2) is 25.2 Å².